The number of rotatable bonds is 5. The van der Waals surface area contributed by atoms with Gasteiger partial charge in [-0.25, -0.2) is 15.0 Å². The zero-order chi connectivity index (χ0) is 18.4. The summed E-state index contributed by atoms with van der Waals surface area (Å²) >= 11 is 3.47. The highest BCUT2D eigenvalue weighted by molar-refractivity contribution is 9.10. The average Bonchev–Trinajstić information content (AvgIpc) is 2.69. The van der Waals surface area contributed by atoms with E-state index >= 15 is 0 Å². The molecule has 0 aliphatic carbocycles. The van der Waals surface area contributed by atoms with Gasteiger partial charge in [-0.3, -0.25) is 0 Å². The quantitative estimate of drug-likeness (QED) is 0.482. The third-order valence-electron chi connectivity index (χ3n) is 3.67. The molecule has 0 bridgehead atoms. The van der Waals surface area contributed by atoms with Crippen molar-refractivity contribution in [1.82, 2.24) is 15.0 Å². The molecule has 3 rings (SSSR count). The number of aromatic nitrogens is 3. The van der Waals surface area contributed by atoms with Crippen LogP contribution in [0, 0.1) is 0 Å². The van der Waals surface area contributed by atoms with Gasteiger partial charge in [-0.1, -0.05) is 89.3 Å². The van der Waals surface area contributed by atoms with Gasteiger partial charge in [0, 0.05) is 21.2 Å². The first-order valence-electron chi connectivity index (χ1n) is 8.24. The molecule has 0 aliphatic heterocycles. The Bertz CT molecular complexity index is 958. The number of allylic oxidation sites excluding steroid dienone is 5. The van der Waals surface area contributed by atoms with Crippen molar-refractivity contribution in [3.63, 3.8) is 0 Å². The highest BCUT2D eigenvalue weighted by atomic mass is 79.9. The second kappa shape index (κ2) is 8.50. The summed E-state index contributed by atoms with van der Waals surface area (Å²) < 4.78 is 1.01. The standard InChI is InChI=1S/C22H18BrN3/c1-3-8-16(9-4-2)20-24-21(17-10-6-5-7-11-17)26-22(25-20)18-12-14-19(23)15-13-18/h3-15H,1H2,2H3/b9-4-,16-8+. The van der Waals surface area contributed by atoms with Crippen molar-refractivity contribution in [2.75, 3.05) is 0 Å². The summed E-state index contributed by atoms with van der Waals surface area (Å²) in [6.07, 6.45) is 7.56. The van der Waals surface area contributed by atoms with Crippen LogP contribution in [0.25, 0.3) is 28.3 Å². The van der Waals surface area contributed by atoms with E-state index in [1.807, 2.05) is 79.7 Å². The van der Waals surface area contributed by atoms with Gasteiger partial charge >= 0.3 is 0 Å². The van der Waals surface area contributed by atoms with Crippen molar-refractivity contribution in [2.24, 2.45) is 0 Å². The Labute approximate surface area is 162 Å². The lowest BCUT2D eigenvalue weighted by Gasteiger charge is -2.08. The van der Waals surface area contributed by atoms with Gasteiger partial charge in [0.05, 0.1) is 0 Å². The van der Waals surface area contributed by atoms with E-state index in [0.717, 1.165) is 21.2 Å². The molecule has 0 saturated carbocycles. The average molecular weight is 404 g/mol. The van der Waals surface area contributed by atoms with Gasteiger partial charge in [-0.05, 0) is 19.1 Å². The number of hydrogen-bond acceptors (Lipinski definition) is 3. The van der Waals surface area contributed by atoms with Crippen molar-refractivity contribution in [1.29, 1.82) is 0 Å². The maximum atomic E-state index is 4.69. The summed E-state index contributed by atoms with van der Waals surface area (Å²) in [5, 5.41) is 0. The minimum absolute atomic E-state index is 0.620. The van der Waals surface area contributed by atoms with Crippen LogP contribution in [-0.2, 0) is 0 Å². The zero-order valence-corrected chi connectivity index (χ0v) is 16.0. The molecule has 0 fully saturated rings. The summed E-state index contributed by atoms with van der Waals surface area (Å²) in [4.78, 5) is 14.1. The third kappa shape index (κ3) is 4.21. The smallest absolute Gasteiger partial charge is 0.164 e. The van der Waals surface area contributed by atoms with Crippen LogP contribution in [-0.4, -0.2) is 15.0 Å². The van der Waals surface area contributed by atoms with Crippen molar-refractivity contribution >= 4 is 21.5 Å². The van der Waals surface area contributed by atoms with Gasteiger partial charge in [-0.2, -0.15) is 0 Å². The van der Waals surface area contributed by atoms with E-state index in [1.165, 1.54) is 0 Å². The van der Waals surface area contributed by atoms with Crippen LogP contribution < -0.4 is 0 Å². The highest BCUT2D eigenvalue weighted by Gasteiger charge is 2.12. The molecule has 0 saturated heterocycles. The van der Waals surface area contributed by atoms with Crippen molar-refractivity contribution in [3.05, 3.63) is 95.8 Å². The Kier molecular flexibility index (Phi) is 5.87. The van der Waals surface area contributed by atoms with Gasteiger partial charge in [0.25, 0.3) is 0 Å². The van der Waals surface area contributed by atoms with Crippen LogP contribution in [0.4, 0.5) is 0 Å². The Balaban J connectivity index is 2.21. The molecule has 0 radical (unpaired) electrons. The highest BCUT2D eigenvalue weighted by Crippen LogP contribution is 2.24. The largest absolute Gasteiger partial charge is 0.208 e. The lowest BCUT2D eigenvalue weighted by atomic mass is 10.1. The Morgan fingerprint density at radius 2 is 1.50 bits per heavy atom. The summed E-state index contributed by atoms with van der Waals surface area (Å²) in [7, 11) is 0. The third-order valence-corrected chi connectivity index (χ3v) is 4.20. The van der Waals surface area contributed by atoms with Gasteiger partial charge in [-0.15, -0.1) is 0 Å². The molecule has 0 unspecified atom stereocenters. The number of hydrogen-bond donors (Lipinski definition) is 0. The summed E-state index contributed by atoms with van der Waals surface area (Å²) in [6, 6.07) is 17.9. The summed E-state index contributed by atoms with van der Waals surface area (Å²) in [5.74, 6) is 1.91. The van der Waals surface area contributed by atoms with Gasteiger partial charge in [0.15, 0.2) is 17.5 Å². The minimum atomic E-state index is 0.620. The Hall–Kier alpha value is -2.85. The second-order valence-electron chi connectivity index (χ2n) is 5.54. The fraction of sp³-hybridized carbons (Fsp3) is 0.0455. The molecule has 26 heavy (non-hydrogen) atoms. The second-order valence-corrected chi connectivity index (χ2v) is 6.45. The van der Waals surface area contributed by atoms with Gasteiger partial charge in [0.2, 0.25) is 0 Å². The number of halogens is 1. The molecule has 4 heteroatoms. The predicted octanol–water partition coefficient (Wildman–Crippen LogP) is 6.11. The fourth-order valence-electron chi connectivity index (χ4n) is 2.46. The predicted molar refractivity (Wildman–Crippen MR) is 111 cm³/mol. The van der Waals surface area contributed by atoms with Gasteiger partial charge in [0.1, 0.15) is 0 Å². The van der Waals surface area contributed by atoms with Crippen LogP contribution in [0.3, 0.4) is 0 Å². The first kappa shape index (κ1) is 18.0. The van der Waals surface area contributed by atoms with E-state index in [9.17, 15) is 0 Å². The monoisotopic (exact) mass is 403 g/mol. The Morgan fingerprint density at radius 1 is 0.885 bits per heavy atom. The van der Waals surface area contributed by atoms with E-state index in [1.54, 1.807) is 6.08 Å². The van der Waals surface area contributed by atoms with Crippen LogP contribution in [0.15, 0.2) is 90.0 Å². The molecule has 2 aromatic carbocycles. The molecule has 0 aliphatic rings. The molecule has 1 aromatic heterocycles. The van der Waals surface area contributed by atoms with E-state index in [2.05, 4.69) is 27.5 Å². The van der Waals surface area contributed by atoms with E-state index in [-0.39, 0.29) is 0 Å². The van der Waals surface area contributed by atoms with Crippen LogP contribution in [0.5, 0.6) is 0 Å². The lowest BCUT2D eigenvalue weighted by molar-refractivity contribution is 1.04. The molecule has 3 aromatic rings. The number of benzene rings is 2. The normalized spacial score (nSPS) is 11.7. The van der Waals surface area contributed by atoms with E-state index in [4.69, 9.17) is 9.97 Å². The van der Waals surface area contributed by atoms with E-state index < -0.39 is 0 Å². The van der Waals surface area contributed by atoms with Crippen LogP contribution in [0.1, 0.15) is 12.7 Å². The summed E-state index contributed by atoms with van der Waals surface area (Å²) in [6.45, 7) is 5.76. The first-order valence-corrected chi connectivity index (χ1v) is 9.04. The van der Waals surface area contributed by atoms with Crippen molar-refractivity contribution in [3.8, 4) is 22.8 Å². The van der Waals surface area contributed by atoms with Crippen LogP contribution in [0.2, 0.25) is 0 Å². The topological polar surface area (TPSA) is 38.7 Å². The zero-order valence-electron chi connectivity index (χ0n) is 14.4. The first-order chi connectivity index (χ1) is 12.7. The minimum Gasteiger partial charge on any atom is -0.208 e. The van der Waals surface area contributed by atoms with Crippen molar-refractivity contribution in [2.45, 2.75) is 6.92 Å². The van der Waals surface area contributed by atoms with Crippen molar-refractivity contribution < 1.29 is 0 Å². The molecular formula is C22H18BrN3. The molecule has 0 atom stereocenters. The summed E-state index contributed by atoms with van der Waals surface area (Å²) in [5.41, 5.74) is 2.78. The van der Waals surface area contributed by atoms with Gasteiger partial charge < -0.3 is 0 Å². The molecule has 0 N–H and O–H groups in total. The Morgan fingerprint density at radius 3 is 2.08 bits per heavy atom. The fourth-order valence-corrected chi connectivity index (χ4v) is 2.72. The molecule has 0 spiro atoms. The SMILES string of the molecule is C=C/C=C(\C=C/C)c1nc(-c2ccccc2)nc(-c2ccc(Br)cc2)n1. The maximum Gasteiger partial charge on any atom is 0.164 e. The lowest BCUT2D eigenvalue weighted by Crippen LogP contribution is -2.02. The van der Waals surface area contributed by atoms with Crippen LogP contribution >= 0.6 is 15.9 Å². The molecule has 128 valence electrons. The van der Waals surface area contributed by atoms with E-state index in [0.29, 0.717) is 17.5 Å². The molecular weight excluding hydrogens is 386 g/mol. The molecule has 0 amide bonds. The molecule has 3 nitrogen and oxygen atoms in total. The molecule has 1 heterocycles. The maximum absolute atomic E-state index is 4.69. The number of nitrogens with zero attached hydrogens (tertiary/aromatic N) is 3.